The Balaban J connectivity index is 2.09. The van der Waals surface area contributed by atoms with E-state index in [1.807, 2.05) is 28.7 Å². The largest absolute Gasteiger partial charge is 0.481 e. The number of hydrogen-bond acceptors (Lipinski definition) is 2. The Labute approximate surface area is 146 Å². The first-order valence-corrected chi connectivity index (χ1v) is 8.05. The van der Waals surface area contributed by atoms with E-state index in [1.54, 1.807) is 30.3 Å². The van der Waals surface area contributed by atoms with Crippen molar-refractivity contribution in [3.8, 4) is 0 Å². The Kier molecular flexibility index (Phi) is 6.09. The zero-order valence-electron chi connectivity index (χ0n) is 12.1. The smallest absolute Gasteiger partial charge is 0.303 e. The molecular formula is C17H15FINO3. The summed E-state index contributed by atoms with van der Waals surface area (Å²) in [5.41, 5.74) is 0.866. The third kappa shape index (κ3) is 5.31. The van der Waals surface area contributed by atoms with Crippen LogP contribution in [0.5, 0.6) is 0 Å². The average Bonchev–Trinajstić information content (AvgIpc) is 2.50. The molecule has 0 radical (unpaired) electrons. The van der Waals surface area contributed by atoms with Gasteiger partial charge in [0.05, 0.1) is 12.1 Å². The van der Waals surface area contributed by atoms with Crippen molar-refractivity contribution in [2.24, 2.45) is 0 Å². The summed E-state index contributed by atoms with van der Waals surface area (Å²) in [7, 11) is 0. The van der Waals surface area contributed by atoms with Crippen molar-refractivity contribution in [2.45, 2.75) is 18.8 Å². The molecule has 2 aromatic carbocycles. The van der Waals surface area contributed by atoms with Crippen molar-refractivity contribution in [3.05, 3.63) is 63.5 Å². The molecule has 0 aliphatic heterocycles. The normalized spacial score (nSPS) is 11.7. The molecule has 2 aromatic rings. The highest BCUT2D eigenvalue weighted by molar-refractivity contribution is 14.1. The van der Waals surface area contributed by atoms with Crippen LogP contribution in [-0.4, -0.2) is 17.0 Å². The minimum Gasteiger partial charge on any atom is -0.481 e. The Morgan fingerprint density at radius 1 is 1.13 bits per heavy atom. The molecule has 0 saturated carbocycles. The van der Waals surface area contributed by atoms with Gasteiger partial charge in [0.2, 0.25) is 5.91 Å². The molecule has 23 heavy (non-hydrogen) atoms. The van der Waals surface area contributed by atoms with Gasteiger partial charge in [-0.3, -0.25) is 9.59 Å². The maximum atomic E-state index is 13.8. The van der Waals surface area contributed by atoms with Gasteiger partial charge in [-0.2, -0.15) is 0 Å². The lowest BCUT2D eigenvalue weighted by Crippen LogP contribution is -2.18. The SMILES string of the molecule is O=C(O)CC(CC(=O)Nc1ccc(I)cc1F)c1ccccc1. The summed E-state index contributed by atoms with van der Waals surface area (Å²) >= 11 is 1.98. The molecule has 0 heterocycles. The lowest BCUT2D eigenvalue weighted by molar-refractivity contribution is -0.137. The molecule has 4 nitrogen and oxygen atoms in total. The van der Waals surface area contributed by atoms with E-state index in [0.29, 0.717) is 0 Å². The molecule has 0 aliphatic carbocycles. The van der Waals surface area contributed by atoms with E-state index in [0.717, 1.165) is 9.13 Å². The quantitative estimate of drug-likeness (QED) is 0.685. The van der Waals surface area contributed by atoms with Crippen LogP contribution in [0.4, 0.5) is 10.1 Å². The zero-order valence-corrected chi connectivity index (χ0v) is 14.3. The molecule has 2 N–H and O–H groups in total. The summed E-state index contributed by atoms with van der Waals surface area (Å²) in [6.45, 7) is 0. The molecule has 1 unspecified atom stereocenters. The number of benzene rings is 2. The number of hydrogen-bond donors (Lipinski definition) is 2. The van der Waals surface area contributed by atoms with Crippen LogP contribution in [0, 0.1) is 9.39 Å². The number of rotatable bonds is 6. The average molecular weight is 427 g/mol. The van der Waals surface area contributed by atoms with Gasteiger partial charge in [-0.05, 0) is 46.4 Å². The van der Waals surface area contributed by atoms with Gasteiger partial charge in [-0.1, -0.05) is 30.3 Å². The lowest BCUT2D eigenvalue weighted by Gasteiger charge is -2.15. The van der Waals surface area contributed by atoms with Gasteiger partial charge >= 0.3 is 5.97 Å². The monoisotopic (exact) mass is 427 g/mol. The number of nitrogens with one attached hydrogen (secondary N) is 1. The standard InChI is InChI=1S/C17H15FINO3/c18-14-10-13(19)6-7-15(14)20-16(21)8-12(9-17(22)23)11-4-2-1-3-5-11/h1-7,10,12H,8-9H2,(H,20,21)(H,22,23). The minimum absolute atomic E-state index is 0.0261. The van der Waals surface area contributed by atoms with Crippen molar-refractivity contribution < 1.29 is 19.1 Å². The molecule has 0 spiro atoms. The molecule has 0 saturated heterocycles. The number of carbonyl (C=O) groups is 2. The first kappa shape index (κ1) is 17.4. The van der Waals surface area contributed by atoms with Crippen LogP contribution in [0.2, 0.25) is 0 Å². The number of anilines is 1. The first-order valence-electron chi connectivity index (χ1n) is 6.97. The van der Waals surface area contributed by atoms with Crippen molar-refractivity contribution >= 4 is 40.2 Å². The molecular weight excluding hydrogens is 412 g/mol. The molecule has 2 rings (SSSR count). The van der Waals surface area contributed by atoms with Crippen molar-refractivity contribution in [1.82, 2.24) is 0 Å². The zero-order chi connectivity index (χ0) is 16.8. The van der Waals surface area contributed by atoms with E-state index in [1.165, 1.54) is 12.1 Å². The van der Waals surface area contributed by atoms with E-state index in [4.69, 9.17) is 5.11 Å². The predicted molar refractivity (Wildman–Crippen MR) is 93.8 cm³/mol. The number of halogens is 2. The second kappa shape index (κ2) is 8.05. The Hall–Kier alpha value is -1.96. The number of aliphatic carboxylic acids is 1. The number of carbonyl (C=O) groups excluding carboxylic acids is 1. The van der Waals surface area contributed by atoms with Gasteiger partial charge in [-0.15, -0.1) is 0 Å². The van der Waals surface area contributed by atoms with Gasteiger partial charge in [-0.25, -0.2) is 4.39 Å². The van der Waals surface area contributed by atoms with Crippen LogP contribution in [0.25, 0.3) is 0 Å². The van der Waals surface area contributed by atoms with E-state index >= 15 is 0 Å². The van der Waals surface area contributed by atoms with Crippen LogP contribution in [-0.2, 0) is 9.59 Å². The van der Waals surface area contributed by atoms with Gasteiger partial charge in [0, 0.05) is 15.9 Å². The fourth-order valence-corrected chi connectivity index (χ4v) is 2.71. The topological polar surface area (TPSA) is 66.4 Å². The van der Waals surface area contributed by atoms with Crippen LogP contribution in [0.1, 0.15) is 24.3 Å². The molecule has 0 fully saturated rings. The lowest BCUT2D eigenvalue weighted by atomic mass is 9.92. The number of carboxylic acid groups (broad SMARTS) is 1. The minimum atomic E-state index is -0.980. The van der Waals surface area contributed by atoms with Crippen LogP contribution >= 0.6 is 22.6 Å². The summed E-state index contributed by atoms with van der Waals surface area (Å²) in [6, 6.07) is 13.5. The molecule has 1 atom stereocenters. The molecule has 0 bridgehead atoms. The number of carboxylic acids is 1. The molecule has 1 amide bonds. The Morgan fingerprint density at radius 3 is 2.43 bits per heavy atom. The van der Waals surface area contributed by atoms with Crippen molar-refractivity contribution in [1.29, 1.82) is 0 Å². The van der Waals surface area contributed by atoms with Gasteiger partial charge in [0.1, 0.15) is 5.82 Å². The van der Waals surface area contributed by atoms with Gasteiger partial charge in [0.15, 0.2) is 0 Å². The van der Waals surface area contributed by atoms with E-state index in [2.05, 4.69) is 5.32 Å². The van der Waals surface area contributed by atoms with E-state index in [-0.39, 0.29) is 18.5 Å². The molecule has 6 heteroatoms. The fourth-order valence-electron chi connectivity index (χ4n) is 2.26. The highest BCUT2D eigenvalue weighted by atomic mass is 127. The molecule has 0 aliphatic rings. The second-order valence-electron chi connectivity index (χ2n) is 5.08. The maximum absolute atomic E-state index is 13.8. The molecule has 0 aromatic heterocycles. The van der Waals surface area contributed by atoms with E-state index < -0.39 is 23.6 Å². The fraction of sp³-hybridized carbons (Fsp3) is 0.176. The first-order chi connectivity index (χ1) is 11.0. The van der Waals surface area contributed by atoms with Crippen LogP contribution in [0.15, 0.2) is 48.5 Å². The van der Waals surface area contributed by atoms with Crippen LogP contribution in [0.3, 0.4) is 0 Å². The number of amides is 1. The third-order valence-electron chi connectivity index (χ3n) is 3.33. The summed E-state index contributed by atoms with van der Waals surface area (Å²) in [4.78, 5) is 23.2. The Bertz CT molecular complexity index is 706. The molecule has 120 valence electrons. The highest BCUT2D eigenvalue weighted by Crippen LogP contribution is 2.25. The summed E-state index contributed by atoms with van der Waals surface area (Å²) in [6.07, 6.45) is -0.186. The summed E-state index contributed by atoms with van der Waals surface area (Å²) in [5, 5.41) is 11.5. The van der Waals surface area contributed by atoms with E-state index in [9.17, 15) is 14.0 Å². The third-order valence-corrected chi connectivity index (χ3v) is 4.00. The van der Waals surface area contributed by atoms with Gasteiger partial charge in [0.25, 0.3) is 0 Å². The summed E-state index contributed by atoms with van der Waals surface area (Å²) < 4.78 is 14.5. The maximum Gasteiger partial charge on any atom is 0.303 e. The Morgan fingerprint density at radius 2 is 1.83 bits per heavy atom. The highest BCUT2D eigenvalue weighted by Gasteiger charge is 2.20. The van der Waals surface area contributed by atoms with Crippen molar-refractivity contribution in [3.63, 3.8) is 0 Å². The van der Waals surface area contributed by atoms with Gasteiger partial charge < -0.3 is 10.4 Å². The second-order valence-corrected chi connectivity index (χ2v) is 6.33. The van der Waals surface area contributed by atoms with Crippen LogP contribution < -0.4 is 5.32 Å². The van der Waals surface area contributed by atoms with Crippen molar-refractivity contribution in [2.75, 3.05) is 5.32 Å². The summed E-state index contributed by atoms with van der Waals surface area (Å²) in [5.74, 6) is -2.37. The predicted octanol–water partition coefficient (Wildman–Crippen LogP) is 4.02.